The van der Waals surface area contributed by atoms with Crippen molar-refractivity contribution in [3.05, 3.63) is 239 Å². The van der Waals surface area contributed by atoms with Gasteiger partial charge in [-0.05, 0) is 143 Å². The summed E-state index contributed by atoms with van der Waals surface area (Å²) in [5.41, 5.74) is 4.80. The van der Waals surface area contributed by atoms with Gasteiger partial charge >= 0.3 is 0 Å². The van der Waals surface area contributed by atoms with Gasteiger partial charge in [-0.1, -0.05) is 121 Å². The largest absolute Gasteiger partial charge is 0.488 e. The van der Waals surface area contributed by atoms with Gasteiger partial charge in [-0.2, -0.15) is 0 Å². The van der Waals surface area contributed by atoms with Gasteiger partial charge in [0.2, 0.25) is 23.6 Å². The molecule has 0 spiro atoms. The van der Waals surface area contributed by atoms with Crippen LogP contribution in [0.3, 0.4) is 0 Å². The molecular weight excluding hydrogens is 1540 g/mol. The molecule has 0 unspecified atom stereocenters. The molecule has 4 saturated carbocycles. The number of hydrogen-bond acceptors (Lipinski definition) is 24. The van der Waals surface area contributed by atoms with Gasteiger partial charge in [0, 0.05) is 125 Å². The number of anilines is 4. The Balaban J connectivity index is 0.000000114. The number of fused-ring (bicyclic) bond motifs is 8. The summed E-state index contributed by atoms with van der Waals surface area (Å²) in [6.45, 7) is 4.93. The summed E-state index contributed by atoms with van der Waals surface area (Å²) in [5.74, 6) is 2.13. The Morgan fingerprint density at radius 3 is 0.700 bits per heavy atom. The standard InChI is InChI=1S/4C23H26N2O5/c4*26-19(14-6-7-18-15(8-14)9-21(27)24-18)12-25-11-16-10-20(22(28)23(16,29)13-25)30-17-4-2-1-3-5-17/h4*1-8,16,19-20,22,26,28-29H,9-13H2,(H,24,27)/t2*16-,19+,20+,22+,23-;2*16-,19-,20+,22+,23-/m1010/s1. The monoisotopic (exact) mass is 1640 g/mol. The zero-order valence-corrected chi connectivity index (χ0v) is 66.3. The molecule has 12 aliphatic rings. The van der Waals surface area contributed by atoms with Gasteiger partial charge < -0.3 is 101 Å². The van der Waals surface area contributed by atoms with E-state index in [1.807, 2.05) is 214 Å². The third-order valence-corrected chi connectivity index (χ3v) is 26.6. The molecule has 28 nitrogen and oxygen atoms in total. The van der Waals surface area contributed by atoms with E-state index in [1.54, 1.807) is 0 Å². The molecule has 0 radical (unpaired) electrons. The zero-order chi connectivity index (χ0) is 83.5. The Morgan fingerprint density at radius 1 is 0.308 bits per heavy atom. The quantitative estimate of drug-likeness (QED) is 0.0504. The number of ether oxygens (including phenoxy) is 4. The fourth-order valence-electron chi connectivity index (χ4n) is 20.4. The Hall–Kier alpha value is -9.80. The van der Waals surface area contributed by atoms with Crippen molar-refractivity contribution in [3.8, 4) is 23.0 Å². The number of likely N-dealkylation sites (tertiary alicyclic amines) is 4. The van der Waals surface area contributed by atoms with E-state index in [0.717, 1.165) is 67.3 Å². The Kier molecular flexibility index (Phi) is 23.3. The highest BCUT2D eigenvalue weighted by Crippen LogP contribution is 2.49. The Bertz CT molecular complexity index is 4430. The van der Waals surface area contributed by atoms with E-state index in [-0.39, 0.29) is 73.5 Å². The highest BCUT2D eigenvalue weighted by atomic mass is 16.5. The van der Waals surface area contributed by atoms with Crippen LogP contribution in [0.25, 0.3) is 0 Å². The number of benzene rings is 8. The van der Waals surface area contributed by atoms with E-state index in [1.165, 1.54) is 0 Å². The average Bonchev–Trinajstić information content (AvgIpc) is 1.61. The number of aliphatic hydroxyl groups is 12. The van der Waals surface area contributed by atoms with Gasteiger partial charge in [0.05, 0.1) is 50.1 Å². The minimum Gasteiger partial charge on any atom is -0.488 e. The summed E-state index contributed by atoms with van der Waals surface area (Å²) in [7, 11) is 0. The second-order valence-corrected chi connectivity index (χ2v) is 34.8. The Morgan fingerprint density at radius 2 is 0.508 bits per heavy atom. The number of carbonyl (C=O) groups excluding carboxylic acids is 4. The molecular formula is C92H104N8O20. The van der Waals surface area contributed by atoms with Gasteiger partial charge in [0.1, 0.15) is 94.2 Å². The average molecular weight is 1640 g/mol. The summed E-state index contributed by atoms with van der Waals surface area (Å²) in [4.78, 5) is 54.1. The Labute approximate surface area is 694 Å². The number of nitrogens with one attached hydrogen (secondary N) is 4. The molecule has 8 aromatic carbocycles. The van der Waals surface area contributed by atoms with Crippen LogP contribution >= 0.6 is 0 Å². The van der Waals surface area contributed by atoms with Crippen LogP contribution in [0, 0.1) is 23.7 Å². The van der Waals surface area contributed by atoms with Crippen LogP contribution in [0.2, 0.25) is 0 Å². The zero-order valence-electron chi connectivity index (χ0n) is 66.3. The third kappa shape index (κ3) is 17.0. The normalized spacial score (nSPS) is 31.3. The molecule has 8 fully saturated rings. The number of carbonyl (C=O) groups is 4. The van der Waals surface area contributed by atoms with Crippen molar-refractivity contribution in [2.45, 2.75) is 147 Å². The number of amides is 4. The molecule has 8 heterocycles. The molecule has 8 aliphatic heterocycles. The molecule has 16 N–H and O–H groups in total. The van der Waals surface area contributed by atoms with E-state index in [9.17, 15) is 80.5 Å². The first-order chi connectivity index (χ1) is 57.7. The van der Waals surface area contributed by atoms with Gasteiger partial charge in [-0.3, -0.25) is 38.8 Å². The SMILES string of the molecule is O=C1Cc2cc([C@@H](O)CN3C[C@@H]4C[C@@H](Oc5ccccc5)[C@@H](O)[C@]4(O)C3)ccc2N1.O=C1Cc2cc([C@@H](O)CN3C[C@H]4C[C@H](Oc5ccccc5)[C@H](O)[C@@]4(O)C3)ccc2N1.O=C1Cc2cc([C@H](O)CN3C[C@@H]4C[C@@H](Oc5ccccc5)[C@@H](O)[C@]4(O)C3)ccc2N1.O=C1Cc2cc([C@H](O)CN3C[C@H]4C[C@H](Oc5ccccc5)[C@H](O)[C@@]4(O)C3)ccc2N1. The summed E-state index contributed by atoms with van der Waals surface area (Å²) >= 11 is 0. The first-order valence-electron chi connectivity index (χ1n) is 41.5. The van der Waals surface area contributed by atoms with Crippen LogP contribution in [0.1, 0.15) is 94.6 Å². The third-order valence-electron chi connectivity index (χ3n) is 26.6. The van der Waals surface area contributed by atoms with Crippen molar-refractivity contribution in [1.29, 1.82) is 0 Å². The van der Waals surface area contributed by atoms with E-state index >= 15 is 0 Å². The number of para-hydroxylation sites is 4. The summed E-state index contributed by atoms with van der Waals surface area (Å²) in [6, 6.07) is 59.3. The number of rotatable bonds is 20. The molecule has 4 aliphatic carbocycles. The first-order valence-corrected chi connectivity index (χ1v) is 41.5. The first kappa shape index (κ1) is 82.5. The molecule has 4 saturated heterocycles. The van der Waals surface area contributed by atoms with Gasteiger partial charge in [0.25, 0.3) is 0 Å². The van der Waals surface area contributed by atoms with Crippen molar-refractivity contribution in [1.82, 2.24) is 19.6 Å². The summed E-state index contributed by atoms with van der Waals surface area (Å²) in [6.07, 6.45) is -5.10. The molecule has 4 amide bonds. The van der Waals surface area contributed by atoms with Crippen molar-refractivity contribution in [2.24, 2.45) is 23.7 Å². The van der Waals surface area contributed by atoms with Crippen molar-refractivity contribution >= 4 is 46.4 Å². The molecule has 8 aromatic rings. The van der Waals surface area contributed by atoms with E-state index in [4.69, 9.17) is 18.9 Å². The number of β-amino-alcohol motifs (C(OH)–C–C–N with tert-alkyl or cyclic N) is 8. The lowest BCUT2D eigenvalue weighted by Gasteiger charge is -2.29. The highest BCUT2D eigenvalue weighted by molar-refractivity contribution is 6.01. The second-order valence-electron chi connectivity index (χ2n) is 34.8. The summed E-state index contributed by atoms with van der Waals surface area (Å²) < 4.78 is 23.7. The van der Waals surface area contributed by atoms with Crippen LogP contribution in [0.15, 0.2) is 194 Å². The van der Waals surface area contributed by atoms with Crippen LogP contribution in [0.4, 0.5) is 22.7 Å². The maximum absolute atomic E-state index is 11.5. The lowest BCUT2D eigenvalue weighted by Crippen LogP contribution is -2.49. The number of hydrogen-bond donors (Lipinski definition) is 16. The van der Waals surface area contributed by atoms with Gasteiger partial charge in [-0.15, -0.1) is 0 Å². The molecule has 0 bridgehead atoms. The highest BCUT2D eigenvalue weighted by Gasteiger charge is 2.63. The predicted octanol–water partition coefficient (Wildman–Crippen LogP) is 4.36. The van der Waals surface area contributed by atoms with Crippen LogP contribution in [0.5, 0.6) is 23.0 Å². The van der Waals surface area contributed by atoms with Gasteiger partial charge in [0.15, 0.2) is 0 Å². The van der Waals surface area contributed by atoms with Crippen molar-refractivity contribution in [3.63, 3.8) is 0 Å². The molecule has 20 atom stereocenters. The topological polar surface area (TPSA) is 409 Å². The lowest BCUT2D eigenvalue weighted by atomic mass is 9.93. The van der Waals surface area contributed by atoms with Crippen LogP contribution in [-0.4, -0.2) is 254 Å². The molecule has 632 valence electrons. The maximum atomic E-state index is 11.5. The maximum Gasteiger partial charge on any atom is 0.228 e. The van der Waals surface area contributed by atoms with Gasteiger partial charge in [-0.25, -0.2) is 0 Å². The number of nitrogens with zero attached hydrogens (tertiary/aromatic N) is 4. The fraction of sp³-hybridized carbons (Fsp3) is 0.435. The van der Waals surface area contributed by atoms with Crippen LogP contribution < -0.4 is 40.2 Å². The van der Waals surface area contributed by atoms with E-state index in [0.29, 0.717) is 127 Å². The van der Waals surface area contributed by atoms with E-state index < -0.39 is 95.7 Å². The predicted molar refractivity (Wildman–Crippen MR) is 440 cm³/mol. The van der Waals surface area contributed by atoms with Crippen molar-refractivity contribution < 1.29 is 99.4 Å². The minimum atomic E-state index is -1.24. The lowest BCUT2D eigenvalue weighted by molar-refractivity contribution is -0.115. The molecule has 0 aromatic heterocycles. The van der Waals surface area contributed by atoms with Crippen LogP contribution in [-0.2, 0) is 44.9 Å². The minimum absolute atomic E-state index is 0.0347. The van der Waals surface area contributed by atoms with E-state index in [2.05, 4.69) is 21.3 Å². The molecule has 120 heavy (non-hydrogen) atoms. The van der Waals surface area contributed by atoms with Crippen molar-refractivity contribution in [2.75, 3.05) is 99.8 Å². The molecule has 28 heteroatoms. The molecule has 20 rings (SSSR count). The summed E-state index contributed by atoms with van der Waals surface area (Å²) in [5, 5.41) is 142. The smallest absolute Gasteiger partial charge is 0.228 e. The fourth-order valence-corrected chi connectivity index (χ4v) is 20.4. The number of aliphatic hydroxyl groups excluding tert-OH is 8. The second kappa shape index (κ2) is 33.9.